The first-order valence-corrected chi connectivity index (χ1v) is 11.4. The van der Waals surface area contributed by atoms with Gasteiger partial charge in [-0.05, 0) is 67.1 Å². The molecular weight excluding hydrogens is 334 g/mol. The van der Waals surface area contributed by atoms with Gasteiger partial charge in [-0.15, -0.1) is 0 Å². The van der Waals surface area contributed by atoms with Gasteiger partial charge in [0.15, 0.2) is 0 Å². The average molecular weight is 372 g/mol. The fourth-order valence-corrected chi connectivity index (χ4v) is 7.35. The smallest absolute Gasteiger partial charge is 0.231 e. The third kappa shape index (κ3) is 3.09. The maximum Gasteiger partial charge on any atom is 0.231 e. The summed E-state index contributed by atoms with van der Waals surface area (Å²) in [5.41, 5.74) is 1.94. The standard InChI is InChI=1S/C24H37NO2/c1-14(2)6-5-7-15(3)19-10-11-20-16-8-9-18-21(23(27)25-22(18)26)17(16)12-13-24(19,20)4/h8,14-15,17-21H,5-7,9-13H2,1-4H3,(H,25,26,27)/t15-,17-,18?,19-,20+,21?,24-/m1/s1. The van der Waals surface area contributed by atoms with Crippen LogP contribution in [-0.2, 0) is 9.59 Å². The zero-order valence-electron chi connectivity index (χ0n) is 17.6. The molecule has 2 amide bonds. The van der Waals surface area contributed by atoms with Crippen molar-refractivity contribution in [2.45, 2.75) is 79.1 Å². The van der Waals surface area contributed by atoms with Gasteiger partial charge in [0.2, 0.25) is 11.8 Å². The Bertz CT molecular complexity index is 651. The number of carbonyl (C=O) groups is 2. The molecule has 0 radical (unpaired) electrons. The number of imide groups is 1. The van der Waals surface area contributed by atoms with Crippen LogP contribution in [0.2, 0.25) is 0 Å². The van der Waals surface area contributed by atoms with Gasteiger partial charge in [-0.1, -0.05) is 58.6 Å². The molecule has 1 saturated heterocycles. The van der Waals surface area contributed by atoms with E-state index in [-0.39, 0.29) is 23.7 Å². The van der Waals surface area contributed by atoms with Crippen molar-refractivity contribution in [3.8, 4) is 0 Å². The highest BCUT2D eigenvalue weighted by Crippen LogP contribution is 2.63. The number of allylic oxidation sites excluding steroid dienone is 2. The Morgan fingerprint density at radius 3 is 2.59 bits per heavy atom. The molecule has 1 aliphatic heterocycles. The summed E-state index contributed by atoms with van der Waals surface area (Å²) >= 11 is 0. The van der Waals surface area contributed by atoms with Crippen molar-refractivity contribution >= 4 is 11.8 Å². The lowest BCUT2D eigenvalue weighted by molar-refractivity contribution is -0.126. The number of fused-ring (bicyclic) bond motifs is 5. The summed E-state index contributed by atoms with van der Waals surface area (Å²) in [6.07, 6.45) is 12.1. The molecule has 27 heavy (non-hydrogen) atoms. The van der Waals surface area contributed by atoms with Gasteiger partial charge < -0.3 is 0 Å². The Balaban J connectivity index is 1.50. The molecule has 0 aromatic rings. The van der Waals surface area contributed by atoms with E-state index >= 15 is 0 Å². The molecule has 1 N–H and O–H groups in total. The molecule has 3 aliphatic carbocycles. The fourth-order valence-electron chi connectivity index (χ4n) is 7.35. The third-order valence-electron chi connectivity index (χ3n) is 8.72. The largest absolute Gasteiger partial charge is 0.296 e. The second kappa shape index (κ2) is 7.04. The summed E-state index contributed by atoms with van der Waals surface area (Å²) in [7, 11) is 0. The molecule has 3 nitrogen and oxygen atoms in total. The molecule has 3 heteroatoms. The van der Waals surface area contributed by atoms with E-state index in [1.54, 1.807) is 5.57 Å². The van der Waals surface area contributed by atoms with Crippen molar-refractivity contribution < 1.29 is 9.59 Å². The Morgan fingerprint density at radius 2 is 1.85 bits per heavy atom. The maximum atomic E-state index is 12.4. The fraction of sp³-hybridized carbons (Fsp3) is 0.833. The molecule has 0 aromatic heterocycles. The highest BCUT2D eigenvalue weighted by molar-refractivity contribution is 6.05. The predicted molar refractivity (Wildman–Crippen MR) is 108 cm³/mol. The van der Waals surface area contributed by atoms with E-state index in [1.165, 1.54) is 38.5 Å². The van der Waals surface area contributed by atoms with E-state index in [4.69, 9.17) is 0 Å². The van der Waals surface area contributed by atoms with Gasteiger partial charge in [0.05, 0.1) is 11.8 Å². The highest BCUT2D eigenvalue weighted by atomic mass is 16.2. The van der Waals surface area contributed by atoms with Gasteiger partial charge >= 0.3 is 0 Å². The summed E-state index contributed by atoms with van der Waals surface area (Å²) in [5, 5.41) is 2.61. The van der Waals surface area contributed by atoms with Crippen LogP contribution in [0.3, 0.4) is 0 Å². The topological polar surface area (TPSA) is 46.2 Å². The lowest BCUT2D eigenvalue weighted by Crippen LogP contribution is -2.44. The number of nitrogens with one attached hydrogen (secondary N) is 1. The Kier molecular flexibility index (Phi) is 5.01. The zero-order chi connectivity index (χ0) is 19.3. The minimum absolute atomic E-state index is 0.000744. The molecule has 150 valence electrons. The van der Waals surface area contributed by atoms with Gasteiger partial charge in [-0.25, -0.2) is 0 Å². The molecule has 0 aromatic carbocycles. The summed E-state index contributed by atoms with van der Waals surface area (Å²) in [6.45, 7) is 9.67. The van der Waals surface area contributed by atoms with Crippen LogP contribution in [0.25, 0.3) is 0 Å². The quantitative estimate of drug-likeness (QED) is 0.539. The van der Waals surface area contributed by atoms with Crippen molar-refractivity contribution in [1.29, 1.82) is 0 Å². The number of carbonyl (C=O) groups excluding carboxylic acids is 2. The second-order valence-electron chi connectivity index (χ2n) is 10.6. The first kappa shape index (κ1) is 19.2. The number of hydrogen-bond donors (Lipinski definition) is 1. The minimum Gasteiger partial charge on any atom is -0.296 e. The number of hydrogen-bond acceptors (Lipinski definition) is 2. The molecule has 0 bridgehead atoms. The molecule has 2 unspecified atom stereocenters. The lowest BCUT2D eigenvalue weighted by atomic mass is 9.54. The molecule has 4 rings (SSSR count). The van der Waals surface area contributed by atoms with Crippen LogP contribution in [0.5, 0.6) is 0 Å². The van der Waals surface area contributed by atoms with E-state index in [9.17, 15) is 9.59 Å². The van der Waals surface area contributed by atoms with E-state index in [0.717, 1.165) is 30.6 Å². The molecule has 4 aliphatic rings. The Labute approximate surface area is 164 Å². The molecular formula is C24H37NO2. The molecule has 0 spiro atoms. The molecule has 3 fully saturated rings. The number of amides is 2. The summed E-state index contributed by atoms with van der Waals surface area (Å²) < 4.78 is 0. The van der Waals surface area contributed by atoms with Gasteiger partial charge in [0.25, 0.3) is 0 Å². The normalized spacial score (nSPS) is 41.7. The molecule has 1 heterocycles. The second-order valence-corrected chi connectivity index (χ2v) is 10.6. The lowest BCUT2D eigenvalue weighted by Gasteiger charge is -2.49. The van der Waals surface area contributed by atoms with Crippen LogP contribution in [0.4, 0.5) is 0 Å². The van der Waals surface area contributed by atoms with Crippen molar-refractivity contribution in [3.05, 3.63) is 11.6 Å². The number of rotatable bonds is 5. The first-order valence-electron chi connectivity index (χ1n) is 11.4. The van der Waals surface area contributed by atoms with Crippen LogP contribution in [0.15, 0.2) is 11.6 Å². The average Bonchev–Trinajstić information content (AvgIpc) is 3.11. The van der Waals surface area contributed by atoms with E-state index < -0.39 is 0 Å². The third-order valence-corrected chi connectivity index (χ3v) is 8.72. The van der Waals surface area contributed by atoms with E-state index in [0.29, 0.717) is 17.3 Å². The van der Waals surface area contributed by atoms with Crippen molar-refractivity contribution in [1.82, 2.24) is 5.32 Å². The molecule has 2 saturated carbocycles. The van der Waals surface area contributed by atoms with Crippen LogP contribution < -0.4 is 5.32 Å². The summed E-state index contributed by atoms with van der Waals surface area (Å²) in [6, 6.07) is 0. The van der Waals surface area contributed by atoms with Gasteiger partial charge in [0, 0.05) is 0 Å². The minimum atomic E-state index is -0.0947. The van der Waals surface area contributed by atoms with Gasteiger partial charge in [-0.2, -0.15) is 0 Å². The molecule has 7 atom stereocenters. The Morgan fingerprint density at radius 1 is 1.07 bits per heavy atom. The SMILES string of the molecule is CC(C)CCC[C@@H](C)[C@H]1CC[C@H]2C3=CCC4C(=O)NC(=O)C4[C@@H]3CC[C@]12C. The van der Waals surface area contributed by atoms with Crippen LogP contribution in [-0.4, -0.2) is 11.8 Å². The van der Waals surface area contributed by atoms with Gasteiger partial charge in [-0.3, -0.25) is 14.9 Å². The van der Waals surface area contributed by atoms with Crippen LogP contribution in [0, 0.1) is 46.8 Å². The van der Waals surface area contributed by atoms with E-state index in [1.807, 2.05) is 0 Å². The zero-order valence-corrected chi connectivity index (χ0v) is 17.6. The van der Waals surface area contributed by atoms with Crippen LogP contribution >= 0.6 is 0 Å². The van der Waals surface area contributed by atoms with Gasteiger partial charge in [0.1, 0.15) is 0 Å². The monoisotopic (exact) mass is 371 g/mol. The predicted octanol–water partition coefficient (Wildman–Crippen LogP) is 5.11. The van der Waals surface area contributed by atoms with E-state index in [2.05, 4.69) is 39.1 Å². The summed E-state index contributed by atoms with van der Waals surface area (Å²) in [5.74, 6) is 3.17. The highest BCUT2D eigenvalue weighted by Gasteiger charge is 2.57. The Hall–Kier alpha value is -1.12. The van der Waals surface area contributed by atoms with Crippen LogP contribution in [0.1, 0.15) is 79.1 Å². The van der Waals surface area contributed by atoms with Crippen molar-refractivity contribution in [2.24, 2.45) is 46.8 Å². The van der Waals surface area contributed by atoms with Crippen molar-refractivity contribution in [2.75, 3.05) is 0 Å². The van der Waals surface area contributed by atoms with Crippen molar-refractivity contribution in [3.63, 3.8) is 0 Å². The first-order chi connectivity index (χ1) is 12.8. The maximum absolute atomic E-state index is 12.4. The summed E-state index contributed by atoms with van der Waals surface area (Å²) in [4.78, 5) is 24.5.